The number of nitrogens with one attached hydrogen (secondary N) is 4. The Hall–Kier alpha value is -4.74. The third-order valence-corrected chi connectivity index (χ3v) is 5.32. The number of benzene rings is 2. The van der Waals surface area contributed by atoms with Crippen LogP contribution in [0, 0.1) is 17.0 Å². The van der Waals surface area contributed by atoms with Crippen LogP contribution in [0.2, 0.25) is 0 Å². The molecule has 0 spiro atoms. The molecule has 2 amide bonds. The van der Waals surface area contributed by atoms with Gasteiger partial charge in [-0.15, -0.1) is 0 Å². The summed E-state index contributed by atoms with van der Waals surface area (Å²) in [6, 6.07) is 11.1. The fourth-order valence-electron chi connectivity index (χ4n) is 3.65. The fourth-order valence-corrected chi connectivity index (χ4v) is 3.65. The summed E-state index contributed by atoms with van der Waals surface area (Å²) in [7, 11) is 0. The number of nitro groups is 1. The Labute approximate surface area is 198 Å². The molecule has 12 heteroatoms. The summed E-state index contributed by atoms with van der Waals surface area (Å²) in [5.41, 5.74) is 1.14. The third-order valence-electron chi connectivity index (χ3n) is 5.32. The van der Waals surface area contributed by atoms with Crippen LogP contribution in [0.25, 0.3) is 0 Å². The van der Waals surface area contributed by atoms with Crippen molar-refractivity contribution >= 4 is 40.6 Å². The van der Waals surface area contributed by atoms with Crippen molar-refractivity contribution in [2.45, 2.75) is 26.2 Å². The van der Waals surface area contributed by atoms with Crippen molar-refractivity contribution in [3.05, 3.63) is 74.1 Å². The highest BCUT2D eigenvalue weighted by atomic mass is 16.6. The van der Waals surface area contributed by atoms with E-state index in [0.29, 0.717) is 5.69 Å². The zero-order valence-electron chi connectivity index (χ0n) is 18.9. The summed E-state index contributed by atoms with van der Waals surface area (Å²) in [4.78, 5) is 55.8. The average Bonchev–Trinajstić information content (AvgIpc) is 2.81. The second-order valence-corrected chi connectivity index (χ2v) is 7.83. The van der Waals surface area contributed by atoms with E-state index in [1.54, 1.807) is 6.92 Å². The van der Waals surface area contributed by atoms with Gasteiger partial charge in [-0.3, -0.25) is 29.5 Å². The van der Waals surface area contributed by atoms with Gasteiger partial charge < -0.3 is 20.7 Å². The van der Waals surface area contributed by atoms with Gasteiger partial charge in [0.25, 0.3) is 11.2 Å². The number of aromatic amines is 1. The predicted octanol–water partition coefficient (Wildman–Crippen LogP) is 3.19. The van der Waals surface area contributed by atoms with E-state index in [1.807, 2.05) is 31.2 Å². The number of carbonyl (C=O) groups excluding carboxylic acids is 2. The number of nitro benzene ring substituents is 1. The molecule has 1 aliphatic rings. The molecule has 0 aliphatic carbocycles. The van der Waals surface area contributed by atoms with Crippen LogP contribution in [0.4, 0.5) is 28.8 Å². The molecule has 2 aromatic carbocycles. The maximum atomic E-state index is 13.1. The van der Waals surface area contributed by atoms with Crippen molar-refractivity contribution in [3.63, 3.8) is 0 Å². The summed E-state index contributed by atoms with van der Waals surface area (Å²) in [5.74, 6) is -2.08. The zero-order chi connectivity index (χ0) is 25.1. The van der Waals surface area contributed by atoms with Crippen molar-refractivity contribution in [1.29, 1.82) is 0 Å². The van der Waals surface area contributed by atoms with Gasteiger partial charge in [0.05, 0.1) is 34.8 Å². The number of fused-ring (bicyclic) bond motifs is 1. The van der Waals surface area contributed by atoms with E-state index >= 15 is 0 Å². The first kappa shape index (κ1) is 23.4. The van der Waals surface area contributed by atoms with Crippen molar-refractivity contribution < 1.29 is 19.2 Å². The van der Waals surface area contributed by atoms with Crippen LogP contribution in [0.15, 0.2) is 47.3 Å². The number of aryl methyl sites for hydroxylation is 1. The van der Waals surface area contributed by atoms with E-state index in [0.717, 1.165) is 5.56 Å². The molecule has 4 rings (SSSR count). The number of H-pyrrole nitrogens is 1. The average molecular weight is 478 g/mol. The molecule has 1 aromatic heterocycles. The summed E-state index contributed by atoms with van der Waals surface area (Å²) in [6.07, 6.45) is -0.273. The largest absolute Gasteiger partial charge is 0.491 e. The predicted molar refractivity (Wildman–Crippen MR) is 128 cm³/mol. The molecule has 0 unspecified atom stereocenters. The molecule has 12 nitrogen and oxygen atoms in total. The lowest BCUT2D eigenvalue weighted by Gasteiger charge is -2.24. The number of non-ortho nitro benzene ring substituents is 1. The number of amides is 2. The monoisotopic (exact) mass is 478 g/mol. The van der Waals surface area contributed by atoms with E-state index in [1.165, 1.54) is 18.2 Å². The molecule has 0 saturated carbocycles. The number of hydrogen-bond acceptors (Lipinski definition) is 8. The van der Waals surface area contributed by atoms with Crippen molar-refractivity contribution in [3.8, 4) is 5.75 Å². The molecule has 0 saturated heterocycles. The molecule has 1 aliphatic heterocycles. The Morgan fingerprint density at radius 3 is 2.66 bits per heavy atom. The van der Waals surface area contributed by atoms with Gasteiger partial charge in [-0.25, -0.2) is 0 Å². The number of anilines is 4. The van der Waals surface area contributed by atoms with Crippen LogP contribution in [0.1, 0.15) is 30.4 Å². The first-order chi connectivity index (χ1) is 16.7. The molecule has 180 valence electrons. The molecule has 35 heavy (non-hydrogen) atoms. The second kappa shape index (κ2) is 9.63. The minimum absolute atomic E-state index is 0.0106. The van der Waals surface area contributed by atoms with Crippen LogP contribution in [-0.4, -0.2) is 33.3 Å². The van der Waals surface area contributed by atoms with Crippen molar-refractivity contribution in [2.24, 2.45) is 0 Å². The van der Waals surface area contributed by atoms with Gasteiger partial charge in [0.2, 0.25) is 17.8 Å². The number of nitrogens with zero attached hydrogens (tertiary/aromatic N) is 2. The molecule has 1 atom stereocenters. The minimum atomic E-state index is -1.13. The van der Waals surface area contributed by atoms with E-state index < -0.39 is 28.2 Å². The Bertz CT molecular complexity index is 1370. The lowest BCUT2D eigenvalue weighted by Crippen LogP contribution is -2.36. The third kappa shape index (κ3) is 5.11. The summed E-state index contributed by atoms with van der Waals surface area (Å²) < 4.78 is 5.42. The van der Waals surface area contributed by atoms with Gasteiger partial charge in [0.15, 0.2) is 0 Å². The van der Waals surface area contributed by atoms with Gasteiger partial charge >= 0.3 is 0 Å². The van der Waals surface area contributed by atoms with E-state index in [-0.39, 0.29) is 47.5 Å². The summed E-state index contributed by atoms with van der Waals surface area (Å²) in [5, 5.41) is 19.2. The second-order valence-electron chi connectivity index (χ2n) is 7.83. The van der Waals surface area contributed by atoms with E-state index in [9.17, 15) is 24.5 Å². The molecular formula is C23H22N6O6. The first-order valence-corrected chi connectivity index (χ1v) is 10.7. The summed E-state index contributed by atoms with van der Waals surface area (Å²) >= 11 is 0. The van der Waals surface area contributed by atoms with Crippen molar-refractivity contribution in [2.75, 3.05) is 22.6 Å². The molecule has 4 N–H and O–H groups in total. The molecule has 2 heterocycles. The highest BCUT2D eigenvalue weighted by Gasteiger charge is 2.35. The maximum absolute atomic E-state index is 13.1. The summed E-state index contributed by atoms with van der Waals surface area (Å²) in [6.45, 7) is 3.84. The fraction of sp³-hybridized carbons (Fsp3) is 0.217. The lowest BCUT2D eigenvalue weighted by atomic mass is 9.92. The van der Waals surface area contributed by atoms with Gasteiger partial charge in [0, 0.05) is 18.2 Å². The molecule has 0 bridgehead atoms. The Kier molecular flexibility index (Phi) is 6.44. The normalized spacial score (nSPS) is 14.5. The standard InChI is InChI=1S/C23H22N6O6/c1-3-35-17-10-14(29(33)34)8-9-16(17)25-21(31)15-11-18(30)26-20-19(15)22(32)28-23(27-20)24-13-6-4-12(2)5-7-13/h4-10,15H,3,11H2,1-2H3,(H,25,31)(H3,24,26,27,28,30,32)/t15-/m1/s1. The molecule has 0 fully saturated rings. The highest BCUT2D eigenvalue weighted by molar-refractivity contribution is 6.05. The first-order valence-electron chi connectivity index (χ1n) is 10.7. The highest BCUT2D eigenvalue weighted by Crippen LogP contribution is 2.33. The van der Waals surface area contributed by atoms with Gasteiger partial charge in [-0.2, -0.15) is 4.98 Å². The maximum Gasteiger partial charge on any atom is 0.273 e. The quantitative estimate of drug-likeness (QED) is 0.296. The molecule has 3 aromatic rings. The van der Waals surface area contributed by atoms with Crippen LogP contribution in [0.5, 0.6) is 5.75 Å². The number of aromatic nitrogens is 2. The van der Waals surface area contributed by atoms with Gasteiger partial charge in [-0.1, -0.05) is 17.7 Å². The number of rotatable bonds is 7. The molecule has 0 radical (unpaired) electrons. The smallest absolute Gasteiger partial charge is 0.273 e. The van der Waals surface area contributed by atoms with Gasteiger partial charge in [-0.05, 0) is 32.0 Å². The van der Waals surface area contributed by atoms with E-state index in [4.69, 9.17) is 4.74 Å². The number of hydrogen-bond donors (Lipinski definition) is 4. The molecular weight excluding hydrogens is 456 g/mol. The van der Waals surface area contributed by atoms with E-state index in [2.05, 4.69) is 25.9 Å². The van der Waals surface area contributed by atoms with Crippen LogP contribution in [-0.2, 0) is 9.59 Å². The Morgan fingerprint density at radius 1 is 1.23 bits per heavy atom. The topological polar surface area (TPSA) is 168 Å². The van der Waals surface area contributed by atoms with Crippen LogP contribution >= 0.6 is 0 Å². The lowest BCUT2D eigenvalue weighted by molar-refractivity contribution is -0.384. The minimum Gasteiger partial charge on any atom is -0.491 e. The van der Waals surface area contributed by atoms with Crippen molar-refractivity contribution in [1.82, 2.24) is 9.97 Å². The Morgan fingerprint density at radius 2 is 1.97 bits per heavy atom. The van der Waals surface area contributed by atoms with Crippen LogP contribution in [0.3, 0.4) is 0 Å². The zero-order valence-corrected chi connectivity index (χ0v) is 18.9. The van der Waals surface area contributed by atoms with Crippen LogP contribution < -0.4 is 26.2 Å². The Balaban J connectivity index is 1.63. The SMILES string of the molecule is CCOc1cc([N+](=O)[O-])ccc1NC(=O)[C@@H]1CC(=O)Nc2nc(Nc3ccc(C)cc3)[nH]c(=O)c21. The number of carbonyl (C=O) groups is 2. The van der Waals surface area contributed by atoms with Gasteiger partial charge in [0.1, 0.15) is 11.6 Å². The number of ether oxygens (including phenoxy) is 1.